The summed E-state index contributed by atoms with van der Waals surface area (Å²) in [5.74, 6) is -1.38. The molecule has 0 aliphatic rings. The quantitative estimate of drug-likeness (QED) is 0.454. The molecule has 0 aliphatic heterocycles. The lowest BCUT2D eigenvalue weighted by Gasteiger charge is -2.12. The van der Waals surface area contributed by atoms with Crippen LogP contribution in [0.25, 0.3) is 0 Å². The van der Waals surface area contributed by atoms with Gasteiger partial charge in [-0.05, 0) is 17.7 Å². The molecular weight excluding hydrogens is 238 g/mol. The van der Waals surface area contributed by atoms with Crippen molar-refractivity contribution in [3.63, 3.8) is 0 Å². The van der Waals surface area contributed by atoms with Crippen LogP contribution in [-0.4, -0.2) is 41.2 Å². The summed E-state index contributed by atoms with van der Waals surface area (Å²) in [7, 11) is 2.54. The maximum Gasteiger partial charge on any atom is 0.313 e. The number of ketones is 1. The van der Waals surface area contributed by atoms with Gasteiger partial charge in [-0.15, -0.1) is 0 Å². The Labute approximate surface area is 104 Å². The number of carbonyl (C=O) groups is 2. The van der Waals surface area contributed by atoms with Crippen LogP contribution in [0.1, 0.15) is 18.1 Å². The molecule has 0 saturated carbocycles. The average molecular weight is 253 g/mol. The van der Waals surface area contributed by atoms with Crippen molar-refractivity contribution >= 4 is 11.7 Å². The molecule has 0 radical (unpaired) electrons. The number of hydrogen-bond acceptors (Lipinski definition) is 5. The van der Waals surface area contributed by atoms with Crippen molar-refractivity contribution in [3.8, 4) is 5.75 Å². The number of likely N-dealkylation sites (N-methyl/N-ethyl adjacent to an activating group) is 1. The minimum atomic E-state index is -1.11. The Morgan fingerprint density at radius 2 is 2.11 bits per heavy atom. The average Bonchev–Trinajstić information content (AvgIpc) is 2.37. The number of amides is 1. The van der Waals surface area contributed by atoms with Crippen LogP contribution >= 0.6 is 0 Å². The summed E-state index contributed by atoms with van der Waals surface area (Å²) in [5.41, 5.74) is 0.469. The predicted octanol–water partition coefficient (Wildman–Crippen LogP) is 0.535. The number of Topliss-reactive ketones (excluding diaryl/α,β-unsaturated/α-hetero) is 1. The molecule has 1 unspecified atom stereocenters. The molecule has 2 N–H and O–H groups in total. The van der Waals surface area contributed by atoms with Gasteiger partial charge >= 0.3 is 5.91 Å². The zero-order valence-electron chi connectivity index (χ0n) is 10.2. The van der Waals surface area contributed by atoms with Gasteiger partial charge in [0.05, 0.1) is 13.2 Å². The Morgan fingerprint density at radius 1 is 1.44 bits per heavy atom. The van der Waals surface area contributed by atoms with Crippen LogP contribution < -0.4 is 4.74 Å². The number of ether oxygens (including phenoxy) is 1. The molecule has 0 aromatic heterocycles. The first-order chi connectivity index (χ1) is 8.45. The minimum Gasteiger partial charge on any atom is -0.497 e. The normalized spacial score (nSPS) is 11.8. The van der Waals surface area contributed by atoms with E-state index in [1.54, 1.807) is 24.3 Å². The standard InChI is InChI=1S/C12H15NO5/c1-13(17)12(16)11(15)7-10(14)8-4-3-5-9(6-8)18-2/h3-6,10,14,17H,7H2,1-2H3. The molecule has 0 spiro atoms. The summed E-state index contributed by atoms with van der Waals surface area (Å²) in [5, 5.41) is 18.8. The summed E-state index contributed by atoms with van der Waals surface area (Å²) in [6.45, 7) is 0. The highest BCUT2D eigenvalue weighted by Crippen LogP contribution is 2.21. The van der Waals surface area contributed by atoms with Crippen LogP contribution in [0.3, 0.4) is 0 Å². The smallest absolute Gasteiger partial charge is 0.313 e. The summed E-state index contributed by atoms with van der Waals surface area (Å²) in [6.07, 6.45) is -1.51. The number of hydrogen-bond donors (Lipinski definition) is 2. The summed E-state index contributed by atoms with van der Waals surface area (Å²) < 4.78 is 4.98. The summed E-state index contributed by atoms with van der Waals surface area (Å²) in [6, 6.07) is 6.56. The largest absolute Gasteiger partial charge is 0.497 e. The van der Waals surface area contributed by atoms with Gasteiger partial charge in [-0.2, -0.15) is 0 Å². The van der Waals surface area contributed by atoms with E-state index in [-0.39, 0.29) is 5.06 Å². The Bertz CT molecular complexity index is 444. The summed E-state index contributed by atoms with van der Waals surface area (Å²) >= 11 is 0. The maximum absolute atomic E-state index is 11.4. The first-order valence-corrected chi connectivity index (χ1v) is 5.27. The van der Waals surface area contributed by atoms with E-state index in [4.69, 9.17) is 9.94 Å². The second-order valence-electron chi connectivity index (χ2n) is 3.75. The third-order valence-corrected chi connectivity index (χ3v) is 2.39. The highest BCUT2D eigenvalue weighted by molar-refractivity contribution is 6.35. The van der Waals surface area contributed by atoms with Crippen molar-refractivity contribution in [1.29, 1.82) is 0 Å². The zero-order valence-corrected chi connectivity index (χ0v) is 10.2. The molecule has 6 heteroatoms. The third kappa shape index (κ3) is 3.54. The third-order valence-electron chi connectivity index (χ3n) is 2.39. The fourth-order valence-electron chi connectivity index (χ4n) is 1.41. The SMILES string of the molecule is COc1cccc(C(O)CC(=O)C(=O)N(C)O)c1. The number of aliphatic hydroxyl groups excluding tert-OH is 1. The summed E-state index contributed by atoms with van der Waals surface area (Å²) in [4.78, 5) is 22.5. The lowest BCUT2D eigenvalue weighted by atomic mass is 10.0. The number of hydroxylamine groups is 2. The molecule has 1 rings (SSSR count). The fourth-order valence-corrected chi connectivity index (χ4v) is 1.41. The molecule has 0 heterocycles. The molecule has 0 bridgehead atoms. The Morgan fingerprint density at radius 3 is 2.67 bits per heavy atom. The second-order valence-corrected chi connectivity index (χ2v) is 3.75. The van der Waals surface area contributed by atoms with Crippen LogP contribution in [0.5, 0.6) is 5.75 Å². The van der Waals surface area contributed by atoms with E-state index in [0.717, 1.165) is 7.05 Å². The van der Waals surface area contributed by atoms with Gasteiger partial charge in [0.2, 0.25) is 5.78 Å². The number of benzene rings is 1. The first-order valence-electron chi connectivity index (χ1n) is 5.27. The number of nitrogens with zero attached hydrogens (tertiary/aromatic N) is 1. The van der Waals surface area contributed by atoms with Gasteiger partial charge in [0.1, 0.15) is 5.75 Å². The molecule has 18 heavy (non-hydrogen) atoms. The maximum atomic E-state index is 11.4. The predicted molar refractivity (Wildman–Crippen MR) is 62.1 cm³/mol. The topological polar surface area (TPSA) is 87.1 Å². The number of carbonyl (C=O) groups excluding carboxylic acids is 2. The van der Waals surface area contributed by atoms with Crippen LogP contribution in [0, 0.1) is 0 Å². The van der Waals surface area contributed by atoms with Crippen molar-refractivity contribution in [2.24, 2.45) is 0 Å². The number of rotatable bonds is 5. The molecule has 1 atom stereocenters. The van der Waals surface area contributed by atoms with Crippen molar-refractivity contribution in [3.05, 3.63) is 29.8 Å². The Balaban J connectivity index is 2.73. The van der Waals surface area contributed by atoms with Gasteiger partial charge in [0.25, 0.3) is 0 Å². The van der Waals surface area contributed by atoms with Gasteiger partial charge < -0.3 is 9.84 Å². The van der Waals surface area contributed by atoms with Gasteiger partial charge in [0.15, 0.2) is 0 Å². The molecule has 6 nitrogen and oxygen atoms in total. The Hall–Kier alpha value is -1.92. The van der Waals surface area contributed by atoms with Crippen molar-refractivity contribution in [2.75, 3.05) is 14.2 Å². The second kappa shape index (κ2) is 6.13. The van der Waals surface area contributed by atoms with E-state index in [1.165, 1.54) is 7.11 Å². The fraction of sp³-hybridized carbons (Fsp3) is 0.333. The van der Waals surface area contributed by atoms with E-state index < -0.39 is 24.2 Å². The molecule has 1 amide bonds. The number of aliphatic hydroxyl groups is 1. The van der Waals surface area contributed by atoms with Crippen LogP contribution in [0.4, 0.5) is 0 Å². The van der Waals surface area contributed by atoms with Gasteiger partial charge in [-0.1, -0.05) is 12.1 Å². The van der Waals surface area contributed by atoms with E-state index in [0.29, 0.717) is 11.3 Å². The molecule has 0 aliphatic carbocycles. The number of methoxy groups -OCH3 is 1. The van der Waals surface area contributed by atoms with Crippen molar-refractivity contribution in [2.45, 2.75) is 12.5 Å². The zero-order chi connectivity index (χ0) is 13.7. The highest BCUT2D eigenvalue weighted by Gasteiger charge is 2.22. The van der Waals surface area contributed by atoms with E-state index >= 15 is 0 Å². The molecule has 1 aromatic carbocycles. The minimum absolute atomic E-state index is 0.195. The van der Waals surface area contributed by atoms with Crippen LogP contribution in [-0.2, 0) is 9.59 Å². The van der Waals surface area contributed by atoms with Crippen LogP contribution in [0.2, 0.25) is 0 Å². The Kier molecular flexibility index (Phi) is 4.82. The molecule has 0 saturated heterocycles. The first kappa shape index (κ1) is 14.1. The molecule has 1 aromatic rings. The van der Waals surface area contributed by atoms with E-state index in [1.807, 2.05) is 0 Å². The van der Waals surface area contributed by atoms with Crippen molar-refractivity contribution < 1.29 is 24.6 Å². The van der Waals surface area contributed by atoms with Gasteiger partial charge in [0, 0.05) is 13.5 Å². The lowest BCUT2D eigenvalue weighted by molar-refractivity contribution is -0.166. The molecule has 0 fully saturated rings. The van der Waals surface area contributed by atoms with Crippen molar-refractivity contribution in [1.82, 2.24) is 5.06 Å². The lowest BCUT2D eigenvalue weighted by Crippen LogP contribution is -2.31. The molecule has 98 valence electrons. The monoisotopic (exact) mass is 253 g/mol. The van der Waals surface area contributed by atoms with Gasteiger partial charge in [-0.3, -0.25) is 14.8 Å². The van der Waals surface area contributed by atoms with Crippen LogP contribution in [0.15, 0.2) is 24.3 Å². The molecular formula is C12H15NO5. The van der Waals surface area contributed by atoms with Gasteiger partial charge in [-0.25, -0.2) is 5.06 Å². The van der Waals surface area contributed by atoms with E-state index in [2.05, 4.69) is 0 Å². The van der Waals surface area contributed by atoms with E-state index in [9.17, 15) is 14.7 Å². The highest BCUT2D eigenvalue weighted by atomic mass is 16.5.